The van der Waals surface area contributed by atoms with Gasteiger partial charge in [0.1, 0.15) is 6.04 Å². The van der Waals surface area contributed by atoms with Crippen molar-refractivity contribution in [3.05, 3.63) is 69.2 Å². The van der Waals surface area contributed by atoms with E-state index in [2.05, 4.69) is 5.32 Å². The number of benzene rings is 2. The molecule has 6 heteroatoms. The highest BCUT2D eigenvalue weighted by atomic mass is 35.5. The third kappa shape index (κ3) is 6.76. The fourth-order valence-electron chi connectivity index (χ4n) is 2.87. The van der Waals surface area contributed by atoms with Crippen LogP contribution < -0.4 is 5.32 Å². The molecule has 0 saturated carbocycles. The Labute approximate surface area is 183 Å². The number of rotatable bonds is 8. The van der Waals surface area contributed by atoms with Crippen molar-refractivity contribution in [2.75, 3.05) is 6.54 Å². The SMILES string of the molecule is Cc1ccc(CC(=O)N(Cc2c(Cl)cccc2Cl)[C@@H](C)C(=O)NCC(C)C)cc1. The molecule has 0 aromatic heterocycles. The number of carbonyl (C=O) groups excluding carboxylic acids is 2. The van der Waals surface area contributed by atoms with Crippen molar-refractivity contribution < 1.29 is 9.59 Å². The van der Waals surface area contributed by atoms with Crippen LogP contribution in [0.3, 0.4) is 0 Å². The smallest absolute Gasteiger partial charge is 0.242 e. The molecule has 0 saturated heterocycles. The van der Waals surface area contributed by atoms with Crippen molar-refractivity contribution in [1.29, 1.82) is 0 Å². The summed E-state index contributed by atoms with van der Waals surface area (Å²) < 4.78 is 0. The van der Waals surface area contributed by atoms with Gasteiger partial charge in [-0.2, -0.15) is 0 Å². The van der Waals surface area contributed by atoms with Crippen LogP contribution >= 0.6 is 23.2 Å². The molecule has 0 aliphatic heterocycles. The zero-order valence-electron chi connectivity index (χ0n) is 17.3. The number of hydrogen-bond donors (Lipinski definition) is 1. The number of halogens is 2. The number of hydrogen-bond acceptors (Lipinski definition) is 2. The van der Waals surface area contributed by atoms with E-state index < -0.39 is 6.04 Å². The Balaban J connectivity index is 2.27. The van der Waals surface area contributed by atoms with Crippen LogP contribution in [0.15, 0.2) is 42.5 Å². The van der Waals surface area contributed by atoms with E-state index in [0.29, 0.717) is 28.1 Å². The van der Waals surface area contributed by atoms with Crippen LogP contribution in [0.4, 0.5) is 0 Å². The van der Waals surface area contributed by atoms with Gasteiger partial charge in [-0.25, -0.2) is 0 Å². The summed E-state index contributed by atoms with van der Waals surface area (Å²) in [6.45, 7) is 8.49. The molecular formula is C23H28Cl2N2O2. The summed E-state index contributed by atoms with van der Waals surface area (Å²) in [5, 5.41) is 3.85. The maximum Gasteiger partial charge on any atom is 0.242 e. The molecule has 2 aromatic carbocycles. The van der Waals surface area contributed by atoms with Gasteiger partial charge in [0.25, 0.3) is 0 Å². The molecule has 29 heavy (non-hydrogen) atoms. The zero-order chi connectivity index (χ0) is 21.6. The summed E-state index contributed by atoms with van der Waals surface area (Å²) in [4.78, 5) is 27.4. The lowest BCUT2D eigenvalue weighted by Crippen LogP contribution is -2.48. The Kier molecular flexibility index (Phi) is 8.54. The highest BCUT2D eigenvalue weighted by Crippen LogP contribution is 2.27. The Morgan fingerprint density at radius 1 is 1.00 bits per heavy atom. The molecule has 0 aliphatic rings. The average molecular weight is 435 g/mol. The highest BCUT2D eigenvalue weighted by Gasteiger charge is 2.27. The lowest BCUT2D eigenvalue weighted by atomic mass is 10.1. The summed E-state index contributed by atoms with van der Waals surface area (Å²) in [6.07, 6.45) is 0.199. The van der Waals surface area contributed by atoms with E-state index in [0.717, 1.165) is 11.1 Å². The van der Waals surface area contributed by atoms with Gasteiger partial charge in [0, 0.05) is 28.7 Å². The quantitative estimate of drug-likeness (QED) is 0.632. The topological polar surface area (TPSA) is 49.4 Å². The van der Waals surface area contributed by atoms with E-state index >= 15 is 0 Å². The van der Waals surface area contributed by atoms with Crippen LogP contribution in [0.1, 0.15) is 37.5 Å². The van der Waals surface area contributed by atoms with Crippen LogP contribution in [0.25, 0.3) is 0 Å². The molecule has 4 nitrogen and oxygen atoms in total. The van der Waals surface area contributed by atoms with E-state index in [9.17, 15) is 9.59 Å². The predicted octanol–water partition coefficient (Wildman–Crippen LogP) is 5.03. The van der Waals surface area contributed by atoms with Crippen LogP contribution in [0.5, 0.6) is 0 Å². The van der Waals surface area contributed by atoms with Gasteiger partial charge in [0.15, 0.2) is 0 Å². The van der Waals surface area contributed by atoms with Crippen LogP contribution in [-0.2, 0) is 22.6 Å². The first-order valence-electron chi connectivity index (χ1n) is 9.74. The fourth-order valence-corrected chi connectivity index (χ4v) is 3.39. The molecular weight excluding hydrogens is 407 g/mol. The summed E-state index contributed by atoms with van der Waals surface area (Å²) in [5.41, 5.74) is 2.66. The third-order valence-electron chi connectivity index (χ3n) is 4.72. The van der Waals surface area contributed by atoms with Gasteiger partial charge in [-0.15, -0.1) is 0 Å². The Morgan fingerprint density at radius 2 is 1.59 bits per heavy atom. The monoisotopic (exact) mass is 434 g/mol. The fraction of sp³-hybridized carbons (Fsp3) is 0.391. The molecule has 0 aliphatic carbocycles. The van der Waals surface area contributed by atoms with Gasteiger partial charge >= 0.3 is 0 Å². The van der Waals surface area contributed by atoms with Crippen molar-refractivity contribution in [1.82, 2.24) is 10.2 Å². The lowest BCUT2D eigenvalue weighted by Gasteiger charge is -2.29. The molecule has 0 heterocycles. The van der Waals surface area contributed by atoms with Gasteiger partial charge in [0.2, 0.25) is 11.8 Å². The average Bonchev–Trinajstić information content (AvgIpc) is 2.67. The van der Waals surface area contributed by atoms with Crippen LogP contribution in [0.2, 0.25) is 10.0 Å². The van der Waals surface area contributed by atoms with E-state index in [1.807, 2.05) is 45.0 Å². The Morgan fingerprint density at radius 3 is 2.14 bits per heavy atom. The van der Waals surface area contributed by atoms with E-state index in [4.69, 9.17) is 23.2 Å². The number of carbonyl (C=O) groups is 2. The van der Waals surface area contributed by atoms with E-state index in [-0.39, 0.29) is 24.8 Å². The number of amides is 2. The first-order valence-corrected chi connectivity index (χ1v) is 10.5. The Bertz CT molecular complexity index is 830. The maximum absolute atomic E-state index is 13.2. The minimum atomic E-state index is -0.654. The summed E-state index contributed by atoms with van der Waals surface area (Å²) in [5.74, 6) is -0.0305. The Hall–Kier alpha value is -2.04. The van der Waals surface area contributed by atoms with Crippen molar-refractivity contribution in [2.45, 2.75) is 46.7 Å². The van der Waals surface area contributed by atoms with Gasteiger partial charge < -0.3 is 10.2 Å². The van der Waals surface area contributed by atoms with Crippen molar-refractivity contribution in [3.8, 4) is 0 Å². The molecule has 0 radical (unpaired) electrons. The molecule has 1 atom stereocenters. The number of nitrogens with zero attached hydrogens (tertiary/aromatic N) is 1. The summed E-state index contributed by atoms with van der Waals surface area (Å²) >= 11 is 12.6. The normalized spacial score (nSPS) is 12.0. The second kappa shape index (κ2) is 10.7. The van der Waals surface area contributed by atoms with Gasteiger partial charge in [-0.1, -0.05) is 72.9 Å². The standard InChI is InChI=1S/C23H28Cl2N2O2/c1-15(2)13-26-23(29)17(4)27(14-19-20(24)6-5-7-21(19)25)22(28)12-18-10-8-16(3)9-11-18/h5-11,15,17H,12-14H2,1-4H3,(H,26,29)/t17-/m0/s1. The summed E-state index contributed by atoms with van der Waals surface area (Å²) in [7, 11) is 0. The maximum atomic E-state index is 13.2. The molecule has 156 valence electrons. The lowest BCUT2D eigenvalue weighted by molar-refractivity contribution is -0.140. The second-order valence-corrected chi connectivity index (χ2v) is 8.51. The van der Waals surface area contributed by atoms with Gasteiger partial charge in [0.05, 0.1) is 6.42 Å². The molecule has 0 bridgehead atoms. The van der Waals surface area contributed by atoms with Crippen molar-refractivity contribution >= 4 is 35.0 Å². The molecule has 2 amide bonds. The highest BCUT2D eigenvalue weighted by molar-refractivity contribution is 6.36. The molecule has 2 aromatic rings. The second-order valence-electron chi connectivity index (χ2n) is 7.70. The number of aryl methyl sites for hydroxylation is 1. The third-order valence-corrected chi connectivity index (χ3v) is 5.43. The van der Waals surface area contributed by atoms with Crippen LogP contribution in [-0.4, -0.2) is 29.3 Å². The van der Waals surface area contributed by atoms with E-state index in [1.165, 1.54) is 0 Å². The van der Waals surface area contributed by atoms with Gasteiger partial charge in [-0.3, -0.25) is 9.59 Å². The molecule has 0 fully saturated rings. The first-order chi connectivity index (χ1) is 13.7. The van der Waals surface area contributed by atoms with Crippen molar-refractivity contribution in [2.24, 2.45) is 5.92 Å². The molecule has 0 spiro atoms. The zero-order valence-corrected chi connectivity index (χ0v) is 18.8. The minimum absolute atomic E-state index is 0.156. The predicted molar refractivity (Wildman–Crippen MR) is 119 cm³/mol. The largest absolute Gasteiger partial charge is 0.354 e. The number of nitrogens with one attached hydrogen (secondary N) is 1. The molecule has 0 unspecified atom stereocenters. The molecule has 1 N–H and O–H groups in total. The molecule has 2 rings (SSSR count). The van der Waals surface area contributed by atoms with Gasteiger partial charge in [-0.05, 0) is 37.5 Å². The van der Waals surface area contributed by atoms with Crippen molar-refractivity contribution in [3.63, 3.8) is 0 Å². The van der Waals surface area contributed by atoms with Crippen LogP contribution in [0, 0.1) is 12.8 Å². The first kappa shape index (κ1) is 23.2. The summed E-state index contributed by atoms with van der Waals surface area (Å²) in [6, 6.07) is 12.4. The van der Waals surface area contributed by atoms with E-state index in [1.54, 1.807) is 30.0 Å². The minimum Gasteiger partial charge on any atom is -0.354 e.